The van der Waals surface area contributed by atoms with Gasteiger partial charge >= 0.3 is 0 Å². The number of thiophene rings is 1. The minimum atomic E-state index is -3.12. The molecule has 102 valence electrons. The second kappa shape index (κ2) is 5.35. The van der Waals surface area contributed by atoms with E-state index in [2.05, 4.69) is 0 Å². The Morgan fingerprint density at radius 2 is 1.68 bits per heavy atom. The van der Waals surface area contributed by atoms with E-state index in [1.807, 2.05) is 44.2 Å². The van der Waals surface area contributed by atoms with E-state index in [0.29, 0.717) is 4.21 Å². The smallest absolute Gasteiger partial charge is 0.184 e. The average molecular weight is 296 g/mol. The Labute approximate surface area is 117 Å². The molecule has 2 rings (SSSR count). The van der Waals surface area contributed by atoms with E-state index in [1.54, 1.807) is 6.07 Å². The van der Waals surface area contributed by atoms with Gasteiger partial charge in [0.1, 0.15) is 9.96 Å². The van der Waals surface area contributed by atoms with Crippen molar-refractivity contribution in [2.24, 2.45) is 0 Å². The molecule has 0 amide bonds. The summed E-state index contributed by atoms with van der Waals surface area (Å²) in [5.41, 5.74) is 0.996. The van der Waals surface area contributed by atoms with Gasteiger partial charge in [0.25, 0.3) is 0 Å². The molecule has 0 bridgehead atoms. The minimum Gasteiger partial charge on any atom is -0.491 e. The standard InChI is InChI=1S/C14H16O3S2/c1-10(2)17-12-6-4-11(5-7-12)13-8-9-14(18-13)19(3,15)16/h4-10H,1-3H3. The Bertz CT molecular complexity index is 652. The summed E-state index contributed by atoms with van der Waals surface area (Å²) in [5, 5.41) is 0. The first-order valence-corrected chi connectivity index (χ1v) is 8.64. The molecule has 1 aromatic carbocycles. The number of ether oxygens (including phenoxy) is 1. The van der Waals surface area contributed by atoms with E-state index in [-0.39, 0.29) is 6.10 Å². The zero-order chi connectivity index (χ0) is 14.0. The van der Waals surface area contributed by atoms with Crippen molar-refractivity contribution < 1.29 is 13.2 Å². The predicted octanol–water partition coefficient (Wildman–Crippen LogP) is 3.61. The Hall–Kier alpha value is -1.33. The summed E-state index contributed by atoms with van der Waals surface area (Å²) in [4.78, 5) is 0.941. The molecular formula is C14H16O3S2. The first-order chi connectivity index (χ1) is 8.86. The molecule has 3 nitrogen and oxygen atoms in total. The molecule has 0 saturated heterocycles. The largest absolute Gasteiger partial charge is 0.491 e. The molecule has 0 spiro atoms. The van der Waals surface area contributed by atoms with Crippen LogP contribution >= 0.6 is 11.3 Å². The van der Waals surface area contributed by atoms with Crippen LogP contribution in [-0.2, 0) is 9.84 Å². The molecular weight excluding hydrogens is 280 g/mol. The molecule has 2 aromatic rings. The molecule has 1 heterocycles. The highest BCUT2D eigenvalue weighted by molar-refractivity contribution is 7.92. The second-order valence-electron chi connectivity index (χ2n) is 4.58. The van der Waals surface area contributed by atoms with Crippen LogP contribution in [-0.4, -0.2) is 20.8 Å². The number of rotatable bonds is 4. The van der Waals surface area contributed by atoms with E-state index in [1.165, 1.54) is 17.6 Å². The third-order valence-electron chi connectivity index (χ3n) is 2.46. The third kappa shape index (κ3) is 3.58. The normalized spacial score (nSPS) is 11.8. The molecule has 0 N–H and O–H groups in total. The SMILES string of the molecule is CC(C)Oc1ccc(-c2ccc(S(C)(=O)=O)s2)cc1. The molecule has 0 fully saturated rings. The van der Waals surface area contributed by atoms with Gasteiger partial charge in [0.05, 0.1) is 6.10 Å². The lowest BCUT2D eigenvalue weighted by Gasteiger charge is -2.09. The first kappa shape index (κ1) is 14.1. The molecule has 1 aromatic heterocycles. The fraction of sp³-hybridized carbons (Fsp3) is 0.286. The van der Waals surface area contributed by atoms with Crippen molar-refractivity contribution in [2.45, 2.75) is 24.2 Å². The van der Waals surface area contributed by atoms with Crippen molar-refractivity contribution in [3.63, 3.8) is 0 Å². The highest BCUT2D eigenvalue weighted by Crippen LogP contribution is 2.31. The van der Waals surface area contributed by atoms with Gasteiger partial charge in [0, 0.05) is 11.1 Å². The minimum absolute atomic E-state index is 0.143. The molecule has 19 heavy (non-hydrogen) atoms. The number of hydrogen-bond acceptors (Lipinski definition) is 4. The summed E-state index contributed by atoms with van der Waals surface area (Å²) in [5.74, 6) is 0.818. The van der Waals surface area contributed by atoms with Crippen molar-refractivity contribution in [1.29, 1.82) is 0 Å². The third-order valence-corrected chi connectivity index (χ3v) is 5.41. The van der Waals surface area contributed by atoms with Crippen LogP contribution in [0.3, 0.4) is 0 Å². The Morgan fingerprint density at radius 3 is 2.16 bits per heavy atom. The second-order valence-corrected chi connectivity index (χ2v) is 7.91. The molecule has 0 atom stereocenters. The van der Waals surface area contributed by atoms with E-state index in [4.69, 9.17) is 4.74 Å². The van der Waals surface area contributed by atoms with Crippen LogP contribution in [0.5, 0.6) is 5.75 Å². The van der Waals surface area contributed by atoms with Crippen LogP contribution in [0.15, 0.2) is 40.6 Å². The van der Waals surface area contributed by atoms with Gasteiger partial charge in [0.15, 0.2) is 9.84 Å². The molecule has 0 radical (unpaired) electrons. The molecule has 0 unspecified atom stereocenters. The van der Waals surface area contributed by atoms with Crippen molar-refractivity contribution >= 4 is 21.2 Å². The predicted molar refractivity (Wildman–Crippen MR) is 78.6 cm³/mol. The van der Waals surface area contributed by atoms with Gasteiger partial charge in [-0.05, 0) is 55.8 Å². The highest BCUT2D eigenvalue weighted by Gasteiger charge is 2.11. The highest BCUT2D eigenvalue weighted by atomic mass is 32.2. The molecule has 0 aliphatic rings. The maximum absolute atomic E-state index is 11.4. The van der Waals surface area contributed by atoms with Gasteiger partial charge in [-0.3, -0.25) is 0 Å². The Kier molecular flexibility index (Phi) is 3.96. The summed E-state index contributed by atoms with van der Waals surface area (Å²) in [6.45, 7) is 3.96. The van der Waals surface area contributed by atoms with E-state index >= 15 is 0 Å². The van der Waals surface area contributed by atoms with Crippen molar-refractivity contribution in [2.75, 3.05) is 6.26 Å². The molecule has 0 saturated carbocycles. The molecule has 5 heteroatoms. The van der Waals surface area contributed by atoms with Crippen LogP contribution in [0.25, 0.3) is 10.4 Å². The number of benzene rings is 1. The van der Waals surface area contributed by atoms with Crippen LogP contribution in [0.1, 0.15) is 13.8 Å². The van der Waals surface area contributed by atoms with Crippen molar-refractivity contribution in [3.8, 4) is 16.2 Å². The summed E-state index contributed by atoms with van der Waals surface area (Å²) in [7, 11) is -3.12. The van der Waals surface area contributed by atoms with Gasteiger partial charge in [-0.25, -0.2) is 8.42 Å². The fourth-order valence-corrected chi connectivity index (χ4v) is 3.58. The first-order valence-electron chi connectivity index (χ1n) is 5.93. The van der Waals surface area contributed by atoms with Crippen LogP contribution in [0, 0.1) is 0 Å². The fourth-order valence-electron chi connectivity index (χ4n) is 1.64. The van der Waals surface area contributed by atoms with E-state index in [9.17, 15) is 8.42 Å². The lowest BCUT2D eigenvalue weighted by Crippen LogP contribution is -2.04. The van der Waals surface area contributed by atoms with Crippen LogP contribution in [0.2, 0.25) is 0 Å². The van der Waals surface area contributed by atoms with Crippen LogP contribution < -0.4 is 4.74 Å². The van der Waals surface area contributed by atoms with Gasteiger partial charge in [-0.1, -0.05) is 0 Å². The summed E-state index contributed by atoms with van der Waals surface area (Å²) < 4.78 is 28.9. The zero-order valence-electron chi connectivity index (χ0n) is 11.1. The number of hydrogen-bond donors (Lipinski definition) is 0. The maximum atomic E-state index is 11.4. The summed E-state index contributed by atoms with van der Waals surface area (Å²) >= 11 is 1.28. The molecule has 0 aliphatic carbocycles. The lowest BCUT2D eigenvalue weighted by molar-refractivity contribution is 0.242. The maximum Gasteiger partial charge on any atom is 0.184 e. The van der Waals surface area contributed by atoms with Gasteiger partial charge in [-0.2, -0.15) is 0 Å². The monoisotopic (exact) mass is 296 g/mol. The Morgan fingerprint density at radius 1 is 1.05 bits per heavy atom. The van der Waals surface area contributed by atoms with Crippen molar-refractivity contribution in [1.82, 2.24) is 0 Å². The van der Waals surface area contributed by atoms with Crippen molar-refractivity contribution in [3.05, 3.63) is 36.4 Å². The van der Waals surface area contributed by atoms with Crippen LogP contribution in [0.4, 0.5) is 0 Å². The van der Waals surface area contributed by atoms with Gasteiger partial charge in [-0.15, -0.1) is 11.3 Å². The quantitative estimate of drug-likeness (QED) is 0.865. The lowest BCUT2D eigenvalue weighted by atomic mass is 10.2. The summed E-state index contributed by atoms with van der Waals surface area (Å²) in [6, 6.07) is 11.2. The van der Waals surface area contributed by atoms with Gasteiger partial charge < -0.3 is 4.74 Å². The average Bonchev–Trinajstić information content (AvgIpc) is 2.78. The summed E-state index contributed by atoms with van der Waals surface area (Å²) in [6.07, 6.45) is 1.37. The zero-order valence-corrected chi connectivity index (χ0v) is 12.7. The van der Waals surface area contributed by atoms with Gasteiger partial charge in [0.2, 0.25) is 0 Å². The topological polar surface area (TPSA) is 43.4 Å². The Balaban J connectivity index is 2.25. The molecule has 0 aliphatic heterocycles. The number of sulfone groups is 1. The van der Waals surface area contributed by atoms with E-state index < -0.39 is 9.84 Å². The van der Waals surface area contributed by atoms with E-state index in [0.717, 1.165) is 16.2 Å².